The van der Waals surface area contributed by atoms with Gasteiger partial charge in [0.05, 0.1) is 0 Å². The smallest absolute Gasteiger partial charge is 0.0420 e. The summed E-state index contributed by atoms with van der Waals surface area (Å²) in [6, 6.07) is 5.61. The van der Waals surface area contributed by atoms with Crippen molar-refractivity contribution in [2.24, 2.45) is 11.5 Å². The molecule has 1 rings (SSSR count). The topological polar surface area (TPSA) is 52.0 Å². The van der Waals surface area contributed by atoms with Crippen LogP contribution in [0.5, 0.6) is 0 Å². The van der Waals surface area contributed by atoms with Crippen LogP contribution >= 0.6 is 34.2 Å². The van der Waals surface area contributed by atoms with Crippen molar-refractivity contribution in [3.63, 3.8) is 0 Å². The van der Waals surface area contributed by atoms with Gasteiger partial charge < -0.3 is 11.5 Å². The molecule has 0 bridgehead atoms. The second kappa shape index (κ2) is 4.41. The summed E-state index contributed by atoms with van der Waals surface area (Å²) in [7, 11) is 0. The molecule has 0 aliphatic heterocycles. The summed E-state index contributed by atoms with van der Waals surface area (Å²) in [5, 5.41) is 0.709. The Morgan fingerprint density at radius 2 is 2.08 bits per heavy atom. The maximum absolute atomic E-state index is 5.85. The fourth-order valence-corrected chi connectivity index (χ4v) is 2.05. The van der Waals surface area contributed by atoms with Crippen LogP contribution in [0.1, 0.15) is 11.6 Å². The lowest BCUT2D eigenvalue weighted by Gasteiger charge is -2.09. The van der Waals surface area contributed by atoms with Crippen LogP contribution in [0.3, 0.4) is 0 Å². The Hall–Kier alpha value is 0.160. The van der Waals surface area contributed by atoms with Crippen molar-refractivity contribution in [3.8, 4) is 0 Å². The number of halogens is 2. The Kier molecular flexibility index (Phi) is 3.77. The number of benzene rings is 1. The van der Waals surface area contributed by atoms with E-state index in [-0.39, 0.29) is 6.04 Å². The third kappa shape index (κ3) is 2.58. The van der Waals surface area contributed by atoms with Crippen molar-refractivity contribution < 1.29 is 0 Å². The van der Waals surface area contributed by atoms with E-state index in [2.05, 4.69) is 22.6 Å². The fraction of sp³-hybridized carbons (Fsp3) is 0.250. The zero-order valence-electron chi connectivity index (χ0n) is 6.43. The van der Waals surface area contributed by atoms with E-state index in [1.807, 2.05) is 18.2 Å². The zero-order valence-corrected chi connectivity index (χ0v) is 9.34. The molecule has 4 heteroatoms. The average Bonchev–Trinajstić information content (AvgIpc) is 2.01. The molecule has 2 nitrogen and oxygen atoms in total. The van der Waals surface area contributed by atoms with Crippen molar-refractivity contribution in [2.45, 2.75) is 6.04 Å². The van der Waals surface area contributed by atoms with Crippen LogP contribution in [-0.4, -0.2) is 6.54 Å². The Bertz CT molecular complexity index is 258. The molecule has 0 saturated carbocycles. The van der Waals surface area contributed by atoms with Crippen molar-refractivity contribution in [3.05, 3.63) is 32.4 Å². The Balaban J connectivity index is 3.00. The first-order valence-corrected chi connectivity index (χ1v) is 5.01. The summed E-state index contributed by atoms with van der Waals surface area (Å²) in [6.45, 7) is 0.441. The van der Waals surface area contributed by atoms with Gasteiger partial charge in [-0.2, -0.15) is 0 Å². The molecule has 1 atom stereocenters. The van der Waals surface area contributed by atoms with Gasteiger partial charge in [-0.15, -0.1) is 0 Å². The van der Waals surface area contributed by atoms with Crippen LogP contribution in [0, 0.1) is 3.57 Å². The lowest BCUT2D eigenvalue weighted by molar-refractivity contribution is 0.736. The predicted molar refractivity (Wildman–Crippen MR) is 60.2 cm³/mol. The van der Waals surface area contributed by atoms with Crippen molar-refractivity contribution in [1.29, 1.82) is 0 Å². The lowest BCUT2D eigenvalue weighted by atomic mass is 10.1. The van der Waals surface area contributed by atoms with E-state index in [1.165, 1.54) is 0 Å². The van der Waals surface area contributed by atoms with Gasteiger partial charge in [0.15, 0.2) is 0 Å². The highest BCUT2D eigenvalue weighted by Gasteiger charge is 2.04. The first-order chi connectivity index (χ1) is 5.63. The second-order valence-electron chi connectivity index (χ2n) is 2.54. The van der Waals surface area contributed by atoms with Crippen LogP contribution in [0.4, 0.5) is 0 Å². The molecule has 0 radical (unpaired) electrons. The van der Waals surface area contributed by atoms with E-state index < -0.39 is 0 Å². The average molecular weight is 297 g/mol. The largest absolute Gasteiger partial charge is 0.329 e. The monoisotopic (exact) mass is 296 g/mol. The van der Waals surface area contributed by atoms with Gasteiger partial charge in [-0.05, 0) is 46.4 Å². The Morgan fingerprint density at radius 1 is 1.42 bits per heavy atom. The van der Waals surface area contributed by atoms with Gasteiger partial charge in [0.1, 0.15) is 0 Å². The molecule has 0 amide bonds. The van der Waals surface area contributed by atoms with Crippen LogP contribution in [0.25, 0.3) is 0 Å². The maximum atomic E-state index is 5.85. The van der Waals surface area contributed by atoms with Crippen molar-refractivity contribution >= 4 is 34.2 Å². The normalized spacial score (nSPS) is 13.0. The highest BCUT2D eigenvalue weighted by atomic mass is 127. The van der Waals surface area contributed by atoms with Crippen molar-refractivity contribution in [1.82, 2.24) is 0 Å². The minimum atomic E-state index is -0.114. The van der Waals surface area contributed by atoms with Gasteiger partial charge in [-0.3, -0.25) is 0 Å². The lowest BCUT2D eigenvalue weighted by Crippen LogP contribution is -2.20. The van der Waals surface area contributed by atoms with E-state index in [9.17, 15) is 0 Å². The van der Waals surface area contributed by atoms with Gasteiger partial charge in [-0.1, -0.05) is 11.6 Å². The molecule has 0 aliphatic carbocycles. The summed E-state index contributed by atoms with van der Waals surface area (Å²) in [5.41, 5.74) is 12.2. The van der Waals surface area contributed by atoms with Gasteiger partial charge in [-0.25, -0.2) is 0 Å². The molecule has 0 saturated heterocycles. The maximum Gasteiger partial charge on any atom is 0.0420 e. The molecular weight excluding hydrogens is 286 g/mol. The predicted octanol–water partition coefficient (Wildman–Crippen LogP) is 1.90. The third-order valence-corrected chi connectivity index (χ3v) is 2.41. The third-order valence-electron chi connectivity index (χ3n) is 1.57. The minimum Gasteiger partial charge on any atom is -0.329 e. The first-order valence-electron chi connectivity index (χ1n) is 3.55. The highest BCUT2D eigenvalue weighted by Crippen LogP contribution is 2.19. The molecule has 0 fully saturated rings. The standard InChI is InChI=1S/C8H10ClIN2/c9-6-1-5(8(12)4-11)2-7(10)3-6/h1-3,8H,4,11-12H2. The summed E-state index contributed by atoms with van der Waals surface area (Å²) < 4.78 is 1.08. The molecule has 0 spiro atoms. The minimum absolute atomic E-state index is 0.114. The summed E-state index contributed by atoms with van der Waals surface area (Å²) in [4.78, 5) is 0. The Labute approximate surface area is 90.4 Å². The quantitative estimate of drug-likeness (QED) is 0.819. The first kappa shape index (κ1) is 10.2. The fourth-order valence-electron chi connectivity index (χ4n) is 0.925. The van der Waals surface area contributed by atoms with E-state index in [0.717, 1.165) is 9.13 Å². The van der Waals surface area contributed by atoms with Crippen LogP contribution in [-0.2, 0) is 0 Å². The molecule has 66 valence electrons. The van der Waals surface area contributed by atoms with Crippen molar-refractivity contribution in [2.75, 3.05) is 6.54 Å². The molecule has 1 aromatic carbocycles. The summed E-state index contributed by atoms with van der Waals surface area (Å²) >= 11 is 8.05. The number of nitrogens with two attached hydrogens (primary N) is 2. The molecule has 0 aliphatic rings. The van der Waals surface area contributed by atoms with Gasteiger partial charge in [0.25, 0.3) is 0 Å². The number of hydrogen-bond donors (Lipinski definition) is 2. The molecule has 12 heavy (non-hydrogen) atoms. The van der Waals surface area contributed by atoms with E-state index in [4.69, 9.17) is 23.1 Å². The number of rotatable bonds is 2. The summed E-state index contributed by atoms with van der Waals surface area (Å²) in [6.07, 6.45) is 0. The van der Waals surface area contributed by atoms with Crippen LogP contribution < -0.4 is 11.5 Å². The molecule has 1 unspecified atom stereocenters. The van der Waals surface area contributed by atoms with Gasteiger partial charge in [0, 0.05) is 21.2 Å². The molecule has 1 aromatic rings. The van der Waals surface area contributed by atoms with Gasteiger partial charge in [0.2, 0.25) is 0 Å². The van der Waals surface area contributed by atoms with Gasteiger partial charge >= 0.3 is 0 Å². The number of hydrogen-bond acceptors (Lipinski definition) is 2. The molecular formula is C8H10ClIN2. The van der Waals surface area contributed by atoms with Crippen LogP contribution in [0.2, 0.25) is 5.02 Å². The van der Waals surface area contributed by atoms with E-state index >= 15 is 0 Å². The molecule has 0 heterocycles. The highest BCUT2D eigenvalue weighted by molar-refractivity contribution is 14.1. The summed E-state index contributed by atoms with van der Waals surface area (Å²) in [5.74, 6) is 0. The molecule has 4 N–H and O–H groups in total. The van der Waals surface area contributed by atoms with E-state index in [0.29, 0.717) is 11.6 Å². The van der Waals surface area contributed by atoms with E-state index in [1.54, 1.807) is 0 Å². The Morgan fingerprint density at radius 3 is 2.58 bits per heavy atom. The zero-order chi connectivity index (χ0) is 9.14. The van der Waals surface area contributed by atoms with Crippen LogP contribution in [0.15, 0.2) is 18.2 Å². The molecule has 0 aromatic heterocycles. The second-order valence-corrected chi connectivity index (χ2v) is 4.23. The SMILES string of the molecule is NCC(N)c1cc(Cl)cc(I)c1.